The number of hydrogen-bond acceptors (Lipinski definition) is 2. The van der Waals surface area contributed by atoms with Crippen LogP contribution in [0.3, 0.4) is 0 Å². The van der Waals surface area contributed by atoms with Crippen molar-refractivity contribution in [2.24, 2.45) is 5.92 Å². The molecule has 3 rings (SSSR count). The zero-order chi connectivity index (χ0) is 15.7. The lowest BCUT2D eigenvalue weighted by Gasteiger charge is -2.27. The van der Waals surface area contributed by atoms with Crippen LogP contribution in [0.25, 0.3) is 11.1 Å². The Morgan fingerprint density at radius 3 is 2.23 bits per heavy atom. The lowest BCUT2D eigenvalue weighted by molar-refractivity contribution is 0.348. The molecule has 2 aromatic rings. The van der Waals surface area contributed by atoms with Crippen LogP contribution in [0.4, 0.5) is 11.4 Å². The lowest BCUT2D eigenvalue weighted by Crippen LogP contribution is -2.11. The third-order valence-corrected chi connectivity index (χ3v) is 5.15. The first-order valence-corrected chi connectivity index (χ1v) is 8.30. The fraction of sp³-hybridized carbons (Fsp3) is 0.400. The minimum Gasteiger partial charge on any atom is -0.398 e. The molecule has 0 spiro atoms. The van der Waals surface area contributed by atoms with Gasteiger partial charge in [0.05, 0.1) is 0 Å². The van der Waals surface area contributed by atoms with Gasteiger partial charge in [-0.05, 0) is 60.4 Å². The highest BCUT2D eigenvalue weighted by Crippen LogP contribution is 2.38. The van der Waals surface area contributed by atoms with Gasteiger partial charge in [-0.3, -0.25) is 0 Å². The van der Waals surface area contributed by atoms with Gasteiger partial charge in [0.2, 0.25) is 0 Å². The fourth-order valence-corrected chi connectivity index (χ4v) is 3.50. The van der Waals surface area contributed by atoms with Gasteiger partial charge < -0.3 is 11.5 Å². The summed E-state index contributed by atoms with van der Waals surface area (Å²) in [6.07, 6.45) is 5.25. The molecule has 0 aromatic heterocycles. The molecule has 1 fully saturated rings. The monoisotopic (exact) mass is 294 g/mol. The standard InChI is InChI=1S/C20H26N2/c1-13-3-6-15(7-4-13)16-9-10-18(20(22)11-16)17-8-5-14(2)19(21)12-17/h5,8-13,15H,3-4,6-7,21-22H2,1-2H3. The van der Waals surface area contributed by atoms with Crippen LogP contribution in [-0.2, 0) is 0 Å². The van der Waals surface area contributed by atoms with Crippen LogP contribution >= 0.6 is 0 Å². The van der Waals surface area contributed by atoms with E-state index in [0.29, 0.717) is 5.92 Å². The SMILES string of the molecule is Cc1ccc(-c2ccc(C3CCC(C)CC3)cc2N)cc1N. The number of anilines is 2. The van der Waals surface area contributed by atoms with Crippen molar-refractivity contribution in [3.8, 4) is 11.1 Å². The molecule has 116 valence electrons. The molecule has 0 bridgehead atoms. The molecule has 0 saturated heterocycles. The Labute approximate surface area is 133 Å². The summed E-state index contributed by atoms with van der Waals surface area (Å²) in [5.41, 5.74) is 18.7. The van der Waals surface area contributed by atoms with Crippen LogP contribution in [0, 0.1) is 12.8 Å². The minimum absolute atomic E-state index is 0.677. The number of hydrogen-bond donors (Lipinski definition) is 2. The van der Waals surface area contributed by atoms with E-state index < -0.39 is 0 Å². The van der Waals surface area contributed by atoms with Gasteiger partial charge in [-0.1, -0.05) is 44.0 Å². The van der Waals surface area contributed by atoms with E-state index in [2.05, 4.69) is 37.3 Å². The number of rotatable bonds is 2. The van der Waals surface area contributed by atoms with Crippen LogP contribution in [0.5, 0.6) is 0 Å². The topological polar surface area (TPSA) is 52.0 Å². The average molecular weight is 294 g/mol. The van der Waals surface area contributed by atoms with Gasteiger partial charge in [0.1, 0.15) is 0 Å². The zero-order valence-corrected chi connectivity index (χ0v) is 13.6. The van der Waals surface area contributed by atoms with Gasteiger partial charge in [-0.25, -0.2) is 0 Å². The predicted octanol–water partition coefficient (Wildman–Crippen LogP) is 5.12. The van der Waals surface area contributed by atoms with Crippen molar-refractivity contribution in [2.75, 3.05) is 11.5 Å². The second-order valence-corrected chi connectivity index (χ2v) is 6.87. The summed E-state index contributed by atoms with van der Waals surface area (Å²) in [7, 11) is 0. The Bertz CT molecular complexity index is 667. The van der Waals surface area contributed by atoms with Crippen molar-refractivity contribution in [2.45, 2.75) is 45.4 Å². The van der Waals surface area contributed by atoms with E-state index >= 15 is 0 Å². The summed E-state index contributed by atoms with van der Waals surface area (Å²) in [5.74, 6) is 1.55. The third-order valence-electron chi connectivity index (χ3n) is 5.15. The molecule has 1 aliphatic rings. The molecular formula is C20H26N2. The molecule has 2 aromatic carbocycles. The maximum atomic E-state index is 6.33. The van der Waals surface area contributed by atoms with Gasteiger partial charge in [-0.2, -0.15) is 0 Å². The van der Waals surface area contributed by atoms with Crippen LogP contribution in [-0.4, -0.2) is 0 Å². The molecule has 0 radical (unpaired) electrons. The molecule has 4 N–H and O–H groups in total. The molecule has 1 saturated carbocycles. The molecule has 2 nitrogen and oxygen atoms in total. The highest BCUT2D eigenvalue weighted by atomic mass is 14.6. The van der Waals surface area contributed by atoms with E-state index in [9.17, 15) is 0 Å². The Balaban J connectivity index is 1.87. The smallest absolute Gasteiger partial charge is 0.0396 e. The highest BCUT2D eigenvalue weighted by Gasteiger charge is 2.20. The molecular weight excluding hydrogens is 268 g/mol. The van der Waals surface area contributed by atoms with Crippen molar-refractivity contribution >= 4 is 11.4 Å². The second-order valence-electron chi connectivity index (χ2n) is 6.87. The Kier molecular flexibility index (Phi) is 4.10. The van der Waals surface area contributed by atoms with E-state index in [4.69, 9.17) is 11.5 Å². The van der Waals surface area contributed by atoms with Crippen molar-refractivity contribution < 1.29 is 0 Å². The van der Waals surface area contributed by atoms with Crippen molar-refractivity contribution in [3.63, 3.8) is 0 Å². The Hall–Kier alpha value is -1.96. The van der Waals surface area contributed by atoms with Gasteiger partial charge in [0.25, 0.3) is 0 Å². The summed E-state index contributed by atoms with van der Waals surface area (Å²) in [6.45, 7) is 4.38. The fourth-order valence-electron chi connectivity index (χ4n) is 3.50. The van der Waals surface area contributed by atoms with E-state index in [-0.39, 0.29) is 0 Å². The molecule has 0 amide bonds. The lowest BCUT2D eigenvalue weighted by atomic mass is 9.79. The quantitative estimate of drug-likeness (QED) is 0.755. The second kappa shape index (κ2) is 6.04. The molecule has 0 aliphatic heterocycles. The van der Waals surface area contributed by atoms with E-state index in [1.54, 1.807) is 0 Å². The Morgan fingerprint density at radius 1 is 0.864 bits per heavy atom. The molecule has 0 atom stereocenters. The minimum atomic E-state index is 0.677. The summed E-state index contributed by atoms with van der Waals surface area (Å²) in [6, 6.07) is 12.8. The zero-order valence-electron chi connectivity index (χ0n) is 13.6. The van der Waals surface area contributed by atoms with Gasteiger partial charge in [-0.15, -0.1) is 0 Å². The first-order chi connectivity index (χ1) is 10.5. The van der Waals surface area contributed by atoms with E-state index in [0.717, 1.165) is 34.0 Å². The van der Waals surface area contributed by atoms with Gasteiger partial charge >= 0.3 is 0 Å². The maximum absolute atomic E-state index is 6.33. The summed E-state index contributed by atoms with van der Waals surface area (Å²) >= 11 is 0. The normalized spacial score (nSPS) is 21.7. The van der Waals surface area contributed by atoms with Crippen molar-refractivity contribution in [3.05, 3.63) is 47.5 Å². The Morgan fingerprint density at radius 2 is 1.59 bits per heavy atom. The molecule has 0 unspecified atom stereocenters. The summed E-state index contributed by atoms with van der Waals surface area (Å²) in [5, 5.41) is 0. The first-order valence-electron chi connectivity index (χ1n) is 8.30. The molecule has 22 heavy (non-hydrogen) atoms. The predicted molar refractivity (Wildman–Crippen MR) is 95.8 cm³/mol. The number of benzene rings is 2. The summed E-state index contributed by atoms with van der Waals surface area (Å²) < 4.78 is 0. The van der Waals surface area contributed by atoms with Gasteiger partial charge in [0.15, 0.2) is 0 Å². The third kappa shape index (κ3) is 2.96. The van der Waals surface area contributed by atoms with Crippen LogP contribution in [0.2, 0.25) is 0 Å². The molecule has 1 aliphatic carbocycles. The maximum Gasteiger partial charge on any atom is 0.0396 e. The van der Waals surface area contributed by atoms with Crippen molar-refractivity contribution in [1.29, 1.82) is 0 Å². The number of nitrogen functional groups attached to an aromatic ring is 2. The molecule has 0 heterocycles. The highest BCUT2D eigenvalue weighted by molar-refractivity contribution is 5.79. The molecule has 2 heteroatoms. The van der Waals surface area contributed by atoms with Crippen molar-refractivity contribution in [1.82, 2.24) is 0 Å². The first kappa shape index (κ1) is 15.0. The largest absolute Gasteiger partial charge is 0.398 e. The average Bonchev–Trinajstić information content (AvgIpc) is 2.51. The van der Waals surface area contributed by atoms with Crippen LogP contribution in [0.1, 0.15) is 49.7 Å². The van der Waals surface area contributed by atoms with Crippen LogP contribution in [0.15, 0.2) is 36.4 Å². The van der Waals surface area contributed by atoms with Crippen LogP contribution < -0.4 is 11.5 Å². The number of aryl methyl sites for hydroxylation is 1. The van der Waals surface area contributed by atoms with E-state index in [1.165, 1.54) is 31.2 Å². The van der Waals surface area contributed by atoms with E-state index in [1.807, 2.05) is 13.0 Å². The van der Waals surface area contributed by atoms with Gasteiger partial charge in [0, 0.05) is 16.9 Å². The summed E-state index contributed by atoms with van der Waals surface area (Å²) in [4.78, 5) is 0. The number of nitrogens with two attached hydrogens (primary N) is 2.